The van der Waals surface area contributed by atoms with Crippen molar-refractivity contribution in [3.05, 3.63) is 41.7 Å². The Morgan fingerprint density at radius 3 is 3.00 bits per heavy atom. The fraction of sp³-hybridized carbons (Fsp3) is 0.529. The summed E-state index contributed by atoms with van der Waals surface area (Å²) in [5.74, 6) is 1.97. The molecule has 0 amide bonds. The molecule has 0 N–H and O–H groups in total. The minimum absolute atomic E-state index is 0.0905. The summed E-state index contributed by atoms with van der Waals surface area (Å²) >= 11 is 0. The van der Waals surface area contributed by atoms with Crippen molar-refractivity contribution in [2.45, 2.75) is 26.5 Å². The fourth-order valence-corrected chi connectivity index (χ4v) is 2.87. The summed E-state index contributed by atoms with van der Waals surface area (Å²) < 4.78 is 26.5. The highest BCUT2D eigenvalue weighted by Gasteiger charge is 2.21. The molecule has 24 heavy (non-hydrogen) atoms. The predicted octanol–water partition coefficient (Wildman–Crippen LogP) is 1.81. The van der Waals surface area contributed by atoms with Crippen LogP contribution in [0.15, 0.2) is 24.3 Å². The van der Waals surface area contributed by atoms with Crippen LogP contribution in [-0.4, -0.2) is 58.6 Å². The Kier molecular flexibility index (Phi) is 5.42. The molecule has 1 aromatic heterocycles. The average molecular weight is 334 g/mol. The third-order valence-corrected chi connectivity index (χ3v) is 4.03. The standard InChI is InChI=1S/C17H23FN4O2/c1-13-19-14(2)22(20-13)12-17-11-21(7-9-24-17)6-8-23-16-5-3-4-15(18)10-16/h3-5,10,17H,6-9,11-12H2,1-2H3. The zero-order chi connectivity index (χ0) is 16.9. The molecular weight excluding hydrogens is 311 g/mol. The molecule has 1 fully saturated rings. The van der Waals surface area contributed by atoms with Crippen LogP contribution in [0.4, 0.5) is 4.39 Å². The van der Waals surface area contributed by atoms with Crippen molar-refractivity contribution in [3.8, 4) is 5.75 Å². The van der Waals surface area contributed by atoms with Crippen LogP contribution in [0.1, 0.15) is 11.6 Å². The van der Waals surface area contributed by atoms with Crippen LogP contribution < -0.4 is 4.74 Å². The molecule has 0 spiro atoms. The van der Waals surface area contributed by atoms with Gasteiger partial charge in [-0.25, -0.2) is 14.1 Å². The van der Waals surface area contributed by atoms with Gasteiger partial charge in [-0.15, -0.1) is 0 Å². The maximum Gasteiger partial charge on any atom is 0.147 e. The first-order valence-electron chi connectivity index (χ1n) is 8.20. The molecule has 3 rings (SSSR count). The van der Waals surface area contributed by atoms with Crippen LogP contribution in [0.3, 0.4) is 0 Å². The number of morpholine rings is 1. The molecule has 1 saturated heterocycles. The Bertz CT molecular complexity index is 676. The molecule has 0 bridgehead atoms. The van der Waals surface area contributed by atoms with Crippen molar-refractivity contribution in [1.29, 1.82) is 0 Å². The SMILES string of the molecule is Cc1nc(C)n(CC2CN(CCOc3cccc(F)c3)CCO2)n1. The number of hydrogen-bond acceptors (Lipinski definition) is 5. The first-order valence-corrected chi connectivity index (χ1v) is 8.20. The van der Waals surface area contributed by atoms with E-state index in [1.165, 1.54) is 12.1 Å². The summed E-state index contributed by atoms with van der Waals surface area (Å²) in [4.78, 5) is 6.62. The van der Waals surface area contributed by atoms with Gasteiger partial charge in [0, 0.05) is 25.7 Å². The van der Waals surface area contributed by atoms with Crippen LogP contribution in [-0.2, 0) is 11.3 Å². The summed E-state index contributed by atoms with van der Waals surface area (Å²) in [5.41, 5.74) is 0. The van der Waals surface area contributed by atoms with Crippen LogP contribution >= 0.6 is 0 Å². The van der Waals surface area contributed by atoms with Crippen molar-refractivity contribution in [2.75, 3.05) is 32.8 Å². The normalized spacial score (nSPS) is 18.7. The number of halogens is 1. The molecule has 1 atom stereocenters. The smallest absolute Gasteiger partial charge is 0.147 e. The lowest BCUT2D eigenvalue weighted by molar-refractivity contribution is -0.0404. The third-order valence-electron chi connectivity index (χ3n) is 4.03. The molecule has 1 aliphatic rings. The number of ether oxygens (including phenoxy) is 2. The summed E-state index contributed by atoms with van der Waals surface area (Å²) in [6.45, 7) is 8.24. The Balaban J connectivity index is 1.46. The molecule has 130 valence electrons. The molecule has 7 heteroatoms. The van der Waals surface area contributed by atoms with Crippen molar-refractivity contribution in [1.82, 2.24) is 19.7 Å². The minimum atomic E-state index is -0.280. The highest BCUT2D eigenvalue weighted by Crippen LogP contribution is 2.13. The number of aromatic nitrogens is 3. The maximum atomic E-state index is 13.1. The van der Waals surface area contributed by atoms with Crippen LogP contribution in [0, 0.1) is 19.7 Å². The van der Waals surface area contributed by atoms with Gasteiger partial charge in [0.15, 0.2) is 0 Å². The molecule has 2 heterocycles. The Labute approximate surface area is 141 Å². The van der Waals surface area contributed by atoms with Gasteiger partial charge in [0.2, 0.25) is 0 Å². The minimum Gasteiger partial charge on any atom is -0.492 e. The van der Waals surface area contributed by atoms with E-state index in [1.807, 2.05) is 18.5 Å². The highest BCUT2D eigenvalue weighted by molar-refractivity contribution is 5.22. The van der Waals surface area contributed by atoms with E-state index in [0.717, 1.165) is 31.3 Å². The molecule has 0 saturated carbocycles. The van der Waals surface area contributed by atoms with Gasteiger partial charge < -0.3 is 9.47 Å². The van der Waals surface area contributed by atoms with Gasteiger partial charge in [0.1, 0.15) is 29.8 Å². The Morgan fingerprint density at radius 1 is 1.38 bits per heavy atom. The van der Waals surface area contributed by atoms with Crippen molar-refractivity contribution in [3.63, 3.8) is 0 Å². The quantitative estimate of drug-likeness (QED) is 0.806. The van der Waals surface area contributed by atoms with Crippen molar-refractivity contribution >= 4 is 0 Å². The van der Waals surface area contributed by atoms with Crippen molar-refractivity contribution < 1.29 is 13.9 Å². The predicted molar refractivity (Wildman–Crippen MR) is 87.6 cm³/mol. The monoisotopic (exact) mass is 334 g/mol. The van der Waals surface area contributed by atoms with E-state index in [1.54, 1.807) is 12.1 Å². The first kappa shape index (κ1) is 16.9. The highest BCUT2D eigenvalue weighted by atomic mass is 19.1. The lowest BCUT2D eigenvalue weighted by Crippen LogP contribution is -2.45. The van der Waals surface area contributed by atoms with E-state index in [2.05, 4.69) is 15.0 Å². The Morgan fingerprint density at radius 2 is 2.25 bits per heavy atom. The lowest BCUT2D eigenvalue weighted by Gasteiger charge is -2.32. The third kappa shape index (κ3) is 4.52. The van der Waals surface area contributed by atoms with Crippen LogP contribution in [0.2, 0.25) is 0 Å². The molecule has 0 aliphatic carbocycles. The number of aryl methyl sites for hydroxylation is 2. The molecule has 1 aromatic carbocycles. The molecule has 2 aromatic rings. The van der Waals surface area contributed by atoms with Crippen LogP contribution in [0.25, 0.3) is 0 Å². The van der Waals surface area contributed by atoms with E-state index in [0.29, 0.717) is 25.5 Å². The topological polar surface area (TPSA) is 52.4 Å². The van der Waals surface area contributed by atoms with Gasteiger partial charge in [-0.05, 0) is 26.0 Å². The van der Waals surface area contributed by atoms with Gasteiger partial charge >= 0.3 is 0 Å². The van der Waals surface area contributed by atoms with Gasteiger partial charge in [-0.1, -0.05) is 6.07 Å². The Hall–Kier alpha value is -1.99. The zero-order valence-corrected chi connectivity index (χ0v) is 14.1. The van der Waals surface area contributed by atoms with Gasteiger partial charge in [-0.3, -0.25) is 4.90 Å². The van der Waals surface area contributed by atoms with E-state index >= 15 is 0 Å². The molecule has 6 nitrogen and oxygen atoms in total. The fourth-order valence-electron chi connectivity index (χ4n) is 2.87. The second-order valence-corrected chi connectivity index (χ2v) is 5.99. The van der Waals surface area contributed by atoms with E-state index in [9.17, 15) is 4.39 Å². The number of nitrogens with zero attached hydrogens (tertiary/aromatic N) is 4. The zero-order valence-electron chi connectivity index (χ0n) is 14.1. The molecule has 0 radical (unpaired) electrons. The number of rotatable bonds is 6. The largest absolute Gasteiger partial charge is 0.492 e. The van der Waals surface area contributed by atoms with Crippen molar-refractivity contribution in [2.24, 2.45) is 0 Å². The molecule has 1 unspecified atom stereocenters. The second kappa shape index (κ2) is 7.72. The molecular formula is C17H23FN4O2. The van der Waals surface area contributed by atoms with Gasteiger partial charge in [0.05, 0.1) is 19.3 Å². The summed E-state index contributed by atoms with van der Waals surface area (Å²) in [7, 11) is 0. The van der Waals surface area contributed by atoms with Gasteiger partial charge in [0.25, 0.3) is 0 Å². The second-order valence-electron chi connectivity index (χ2n) is 5.99. The average Bonchev–Trinajstić information content (AvgIpc) is 2.85. The lowest BCUT2D eigenvalue weighted by atomic mass is 10.2. The first-order chi connectivity index (χ1) is 11.6. The van der Waals surface area contributed by atoms with E-state index < -0.39 is 0 Å². The summed E-state index contributed by atoms with van der Waals surface area (Å²) in [6, 6.07) is 6.23. The van der Waals surface area contributed by atoms with E-state index in [-0.39, 0.29) is 11.9 Å². The summed E-state index contributed by atoms with van der Waals surface area (Å²) in [5, 5.41) is 4.39. The number of hydrogen-bond donors (Lipinski definition) is 0. The summed E-state index contributed by atoms with van der Waals surface area (Å²) in [6.07, 6.45) is 0.0905. The maximum absolute atomic E-state index is 13.1. The van der Waals surface area contributed by atoms with Gasteiger partial charge in [-0.2, -0.15) is 5.10 Å². The molecule has 1 aliphatic heterocycles. The number of benzene rings is 1. The van der Waals surface area contributed by atoms with Crippen LogP contribution in [0.5, 0.6) is 5.75 Å². The van der Waals surface area contributed by atoms with E-state index in [4.69, 9.17) is 9.47 Å².